The molecule has 2 aromatic rings. The maximum atomic E-state index is 12.8. The van der Waals surface area contributed by atoms with E-state index in [4.69, 9.17) is 0 Å². The van der Waals surface area contributed by atoms with Gasteiger partial charge in [-0.2, -0.15) is 0 Å². The highest BCUT2D eigenvalue weighted by atomic mass is 16.2. The Kier molecular flexibility index (Phi) is 10.1. The van der Waals surface area contributed by atoms with Crippen LogP contribution in [0, 0.1) is 0 Å². The smallest absolute Gasteiger partial charge is 0.257 e. The predicted molar refractivity (Wildman–Crippen MR) is 159 cm³/mol. The molecule has 0 saturated carbocycles. The molecule has 1 amide bonds. The van der Waals surface area contributed by atoms with E-state index in [1.165, 1.54) is 11.1 Å². The third-order valence-corrected chi connectivity index (χ3v) is 7.50. The van der Waals surface area contributed by atoms with Crippen molar-refractivity contribution in [2.45, 2.75) is 45.6 Å². The zero-order valence-corrected chi connectivity index (χ0v) is 23.9. The second-order valence-corrected chi connectivity index (χ2v) is 10.3. The second kappa shape index (κ2) is 13.3. The van der Waals surface area contributed by atoms with Gasteiger partial charge in [0.2, 0.25) is 0 Å². The van der Waals surface area contributed by atoms with E-state index in [1.807, 2.05) is 50.8 Å². The quantitative estimate of drug-likeness (QED) is 0.469. The summed E-state index contributed by atoms with van der Waals surface area (Å²) in [6.45, 7) is 8.54. The molecule has 2 heterocycles. The molecule has 0 aliphatic carbocycles. The van der Waals surface area contributed by atoms with Crippen LogP contribution in [0.15, 0.2) is 76.9 Å². The summed E-state index contributed by atoms with van der Waals surface area (Å²) in [4.78, 5) is 29.1. The molecule has 204 valence electrons. The number of hydrogen-bond acceptors (Lipinski definition) is 5. The summed E-state index contributed by atoms with van der Waals surface area (Å²) < 4.78 is 1.68. The number of anilines is 1. The third-order valence-electron chi connectivity index (χ3n) is 7.50. The summed E-state index contributed by atoms with van der Waals surface area (Å²) in [5.74, 6) is 0.551. The van der Waals surface area contributed by atoms with Gasteiger partial charge in [0.05, 0.1) is 5.70 Å². The molecule has 1 unspecified atom stereocenters. The maximum absolute atomic E-state index is 12.8. The van der Waals surface area contributed by atoms with Crippen LogP contribution in [0.1, 0.15) is 55.5 Å². The van der Waals surface area contributed by atoms with E-state index < -0.39 is 0 Å². The average Bonchev–Trinajstić information content (AvgIpc) is 2.93. The molecule has 1 aromatic heterocycles. The van der Waals surface area contributed by atoms with Gasteiger partial charge in [-0.1, -0.05) is 23.8 Å². The normalized spacial score (nSPS) is 16.8. The van der Waals surface area contributed by atoms with Crippen molar-refractivity contribution in [2.24, 2.45) is 0 Å². The van der Waals surface area contributed by atoms with Crippen LogP contribution in [0.25, 0.3) is 5.70 Å². The molecular formula is C31H43N5O2. The Morgan fingerprint density at radius 2 is 1.74 bits per heavy atom. The highest BCUT2D eigenvalue weighted by Gasteiger charge is 2.24. The number of amides is 1. The molecule has 0 bridgehead atoms. The van der Waals surface area contributed by atoms with Gasteiger partial charge in [-0.05, 0) is 94.2 Å². The Morgan fingerprint density at radius 3 is 2.29 bits per heavy atom. The number of hydrogen-bond donors (Lipinski definition) is 2. The molecule has 7 heteroatoms. The van der Waals surface area contributed by atoms with Gasteiger partial charge in [-0.3, -0.25) is 19.1 Å². The Labute approximate surface area is 227 Å². The number of pyridine rings is 1. The van der Waals surface area contributed by atoms with Gasteiger partial charge >= 0.3 is 0 Å². The highest BCUT2D eigenvalue weighted by Crippen LogP contribution is 2.30. The number of aromatic nitrogens is 1. The van der Waals surface area contributed by atoms with Crippen molar-refractivity contribution in [1.82, 2.24) is 19.7 Å². The van der Waals surface area contributed by atoms with Gasteiger partial charge < -0.3 is 15.5 Å². The minimum atomic E-state index is -0.0766. The van der Waals surface area contributed by atoms with Crippen molar-refractivity contribution in [2.75, 3.05) is 46.6 Å². The lowest BCUT2D eigenvalue weighted by atomic mass is 9.88. The van der Waals surface area contributed by atoms with E-state index in [1.54, 1.807) is 29.6 Å². The van der Waals surface area contributed by atoms with Crippen molar-refractivity contribution < 1.29 is 4.79 Å². The van der Waals surface area contributed by atoms with E-state index in [9.17, 15) is 9.59 Å². The van der Waals surface area contributed by atoms with Crippen LogP contribution in [0.3, 0.4) is 0 Å². The summed E-state index contributed by atoms with van der Waals surface area (Å²) in [5, 5.41) is 6.06. The van der Waals surface area contributed by atoms with Crippen molar-refractivity contribution >= 4 is 17.3 Å². The summed E-state index contributed by atoms with van der Waals surface area (Å²) in [6.07, 6.45) is 9.98. The third kappa shape index (κ3) is 7.04. The fraction of sp³-hybridized carbons (Fsp3) is 0.419. The zero-order chi connectivity index (χ0) is 27.8. The molecular weight excluding hydrogens is 474 g/mol. The number of allylic oxidation sites excluding steroid dienone is 4. The van der Waals surface area contributed by atoms with Crippen LogP contribution < -0.4 is 16.2 Å². The zero-order valence-electron chi connectivity index (χ0n) is 23.9. The number of rotatable bonds is 9. The number of nitrogens with one attached hydrogen (secondary N) is 2. The van der Waals surface area contributed by atoms with Gasteiger partial charge in [0.25, 0.3) is 11.5 Å². The van der Waals surface area contributed by atoms with E-state index in [0.29, 0.717) is 12.0 Å². The van der Waals surface area contributed by atoms with Crippen LogP contribution in [-0.2, 0) is 0 Å². The predicted octanol–water partition coefficient (Wildman–Crippen LogP) is 4.77. The van der Waals surface area contributed by atoms with Crippen molar-refractivity contribution in [3.8, 4) is 0 Å². The lowest BCUT2D eigenvalue weighted by Gasteiger charge is -2.37. The van der Waals surface area contributed by atoms with Crippen molar-refractivity contribution in [3.63, 3.8) is 0 Å². The molecule has 0 radical (unpaired) electrons. The van der Waals surface area contributed by atoms with Crippen LogP contribution in [0.2, 0.25) is 0 Å². The summed E-state index contributed by atoms with van der Waals surface area (Å²) in [6, 6.07) is 11.9. The molecule has 1 atom stereocenters. The van der Waals surface area contributed by atoms with Crippen molar-refractivity contribution in [1.29, 1.82) is 0 Å². The number of piperidine rings is 1. The topological polar surface area (TPSA) is 69.6 Å². The van der Waals surface area contributed by atoms with Crippen LogP contribution in [-0.4, -0.2) is 67.6 Å². The van der Waals surface area contributed by atoms with Crippen LogP contribution >= 0.6 is 0 Å². The van der Waals surface area contributed by atoms with Crippen LogP contribution in [0.4, 0.5) is 5.69 Å². The first-order valence-electron chi connectivity index (χ1n) is 13.4. The molecule has 1 saturated heterocycles. The van der Waals surface area contributed by atoms with Gasteiger partial charge in [-0.25, -0.2) is 0 Å². The fourth-order valence-electron chi connectivity index (χ4n) is 5.00. The highest BCUT2D eigenvalue weighted by molar-refractivity contribution is 5.93. The van der Waals surface area contributed by atoms with E-state index in [0.717, 1.165) is 48.5 Å². The molecule has 0 spiro atoms. The number of nitrogens with zero attached hydrogens (tertiary/aromatic N) is 3. The van der Waals surface area contributed by atoms with Gasteiger partial charge in [0.15, 0.2) is 0 Å². The van der Waals surface area contributed by atoms with Gasteiger partial charge in [-0.15, -0.1) is 0 Å². The van der Waals surface area contributed by atoms with E-state index >= 15 is 0 Å². The molecule has 2 N–H and O–H groups in total. The second-order valence-electron chi connectivity index (χ2n) is 10.3. The minimum absolute atomic E-state index is 0.0382. The number of benzene rings is 1. The summed E-state index contributed by atoms with van der Waals surface area (Å²) in [5.41, 5.74) is 5.90. The van der Waals surface area contributed by atoms with Crippen LogP contribution in [0.5, 0.6) is 0 Å². The lowest BCUT2D eigenvalue weighted by Crippen LogP contribution is -2.40. The van der Waals surface area contributed by atoms with Crippen molar-refractivity contribution in [3.05, 3.63) is 93.6 Å². The minimum Gasteiger partial charge on any atom is -0.394 e. The molecule has 1 aliphatic heterocycles. The molecule has 38 heavy (non-hydrogen) atoms. The van der Waals surface area contributed by atoms with Gasteiger partial charge in [0, 0.05) is 57.7 Å². The molecule has 7 nitrogen and oxygen atoms in total. The first-order chi connectivity index (χ1) is 18.2. The molecule has 1 aromatic carbocycles. The average molecular weight is 518 g/mol. The Balaban J connectivity index is 1.72. The largest absolute Gasteiger partial charge is 0.394 e. The number of likely N-dealkylation sites (tertiary alicyclic amines) is 1. The van der Waals surface area contributed by atoms with Gasteiger partial charge in [0.1, 0.15) is 0 Å². The van der Waals surface area contributed by atoms with E-state index in [2.05, 4.69) is 54.5 Å². The standard InChI is InChI=1S/C31H43N5O2/c1-22(20-23(2)29(12-16-32-4)36-19-15-28(33-5)21-30(36)37)24(3)35-17-13-26(14-18-35)25-8-10-27(11-9-25)31(38)34(6)7/h8-12,15-16,19-21,24,26,32-33H,13-14,17-18H2,1-7H3/b16-12-,22-20+,29-23-. The molecule has 3 rings (SSSR count). The first-order valence-corrected chi connectivity index (χ1v) is 13.4. The molecule has 1 fully saturated rings. The lowest BCUT2D eigenvalue weighted by molar-refractivity contribution is 0.0827. The SMILES string of the molecule is CN\C=C/C(=C(C)/C=C(\C)C(C)N1CCC(c2ccc(C(=O)N(C)C)cc2)CC1)n1ccc(NC)cc1=O. The summed E-state index contributed by atoms with van der Waals surface area (Å²) in [7, 11) is 7.22. The molecule has 1 aliphatic rings. The fourth-order valence-corrected chi connectivity index (χ4v) is 5.00. The van der Waals surface area contributed by atoms with E-state index in [-0.39, 0.29) is 11.5 Å². The first kappa shape index (κ1) is 29.0. The number of carbonyl (C=O) groups is 1. The monoisotopic (exact) mass is 517 g/mol. The Morgan fingerprint density at radius 1 is 1.08 bits per heavy atom. The number of carbonyl (C=O) groups excluding carboxylic acids is 1. The Bertz CT molecular complexity index is 1250. The Hall–Kier alpha value is -3.58. The maximum Gasteiger partial charge on any atom is 0.257 e. The summed E-state index contributed by atoms with van der Waals surface area (Å²) >= 11 is 0.